The second-order valence-electron chi connectivity index (χ2n) is 10.8. The summed E-state index contributed by atoms with van der Waals surface area (Å²) in [4.78, 5) is 28.3. The van der Waals surface area contributed by atoms with Gasteiger partial charge in [0.25, 0.3) is 5.91 Å². The number of amides is 2. The molecular formula is C25H27N3O4. The minimum atomic E-state index is -1.13. The van der Waals surface area contributed by atoms with Crippen molar-refractivity contribution in [3.8, 4) is 5.75 Å². The predicted molar refractivity (Wildman–Crippen MR) is 120 cm³/mol. The van der Waals surface area contributed by atoms with E-state index in [-0.39, 0.29) is 17.9 Å². The van der Waals surface area contributed by atoms with Gasteiger partial charge in [-0.15, -0.1) is 0 Å². The molecule has 1 aromatic carbocycles. The van der Waals surface area contributed by atoms with E-state index in [1.54, 1.807) is 4.90 Å². The smallest absolute Gasteiger partial charge is 0.253 e. The molecule has 2 fully saturated rings. The van der Waals surface area contributed by atoms with E-state index in [1.165, 1.54) is 0 Å². The molecule has 166 valence electrons. The van der Waals surface area contributed by atoms with Crippen LogP contribution in [0.2, 0.25) is 0 Å². The molecule has 6 rings (SSSR count). The van der Waals surface area contributed by atoms with Gasteiger partial charge in [0.05, 0.1) is 22.1 Å². The normalized spacial score (nSPS) is 30.9. The Morgan fingerprint density at radius 2 is 2.00 bits per heavy atom. The fourth-order valence-corrected chi connectivity index (χ4v) is 6.20. The van der Waals surface area contributed by atoms with E-state index in [9.17, 15) is 14.8 Å². The number of rotatable bonds is 0. The highest BCUT2D eigenvalue weighted by atomic mass is 16.5. The summed E-state index contributed by atoms with van der Waals surface area (Å²) in [5.41, 5.74) is 1.26. The van der Waals surface area contributed by atoms with Gasteiger partial charge in [0.15, 0.2) is 0 Å². The summed E-state index contributed by atoms with van der Waals surface area (Å²) in [6.07, 6.45) is 7.63. The number of hydrogen-bond acceptors (Lipinski definition) is 4. The Morgan fingerprint density at radius 1 is 1.22 bits per heavy atom. The van der Waals surface area contributed by atoms with Crippen LogP contribution >= 0.6 is 0 Å². The molecule has 0 unspecified atom stereocenters. The molecule has 4 heterocycles. The molecular weight excluding hydrogens is 406 g/mol. The first kappa shape index (κ1) is 19.6. The Bertz CT molecular complexity index is 1210. The van der Waals surface area contributed by atoms with Gasteiger partial charge in [0, 0.05) is 6.54 Å². The fraction of sp³-hybridized carbons (Fsp3) is 0.480. The topological polar surface area (TPSA) is 84.7 Å². The zero-order chi connectivity index (χ0) is 22.6. The van der Waals surface area contributed by atoms with Gasteiger partial charge in [0.2, 0.25) is 17.3 Å². The summed E-state index contributed by atoms with van der Waals surface area (Å²) in [7, 11) is 0. The molecule has 0 radical (unpaired) electrons. The van der Waals surface area contributed by atoms with Crippen LogP contribution in [-0.2, 0) is 9.59 Å². The highest BCUT2D eigenvalue weighted by Crippen LogP contribution is 2.52. The number of nitrogens with zero attached hydrogens (tertiary/aromatic N) is 2. The Labute approximate surface area is 187 Å². The van der Waals surface area contributed by atoms with E-state index in [0.29, 0.717) is 36.5 Å². The SMILES string of the molecule is CC1(C)C=Cc2c(ccc3c2[N+]([O-])=C2C3=C[C@@]3(CC2(C)C)NC(=O)[C@@H]2CCCN2C3=O)O1. The van der Waals surface area contributed by atoms with E-state index >= 15 is 0 Å². The van der Waals surface area contributed by atoms with Gasteiger partial charge < -0.3 is 20.2 Å². The van der Waals surface area contributed by atoms with E-state index in [1.807, 2.05) is 58.1 Å². The molecule has 7 nitrogen and oxygen atoms in total. The van der Waals surface area contributed by atoms with Crippen molar-refractivity contribution in [2.24, 2.45) is 5.41 Å². The number of fused-ring (bicyclic) bond motifs is 6. The number of ether oxygens (including phenoxy) is 1. The second-order valence-corrected chi connectivity index (χ2v) is 10.8. The van der Waals surface area contributed by atoms with E-state index < -0.39 is 16.6 Å². The van der Waals surface area contributed by atoms with Crippen molar-refractivity contribution in [1.82, 2.24) is 10.2 Å². The summed E-state index contributed by atoms with van der Waals surface area (Å²) >= 11 is 0. The number of benzene rings is 1. The van der Waals surface area contributed by atoms with Gasteiger partial charge in [-0.1, -0.05) is 0 Å². The number of piperazine rings is 1. The molecule has 7 heteroatoms. The molecule has 1 aromatic rings. The lowest BCUT2D eigenvalue weighted by Gasteiger charge is -2.47. The molecule has 2 atom stereocenters. The van der Waals surface area contributed by atoms with Crippen molar-refractivity contribution in [2.75, 3.05) is 6.54 Å². The van der Waals surface area contributed by atoms with E-state index in [4.69, 9.17) is 4.74 Å². The molecule has 0 bridgehead atoms. The summed E-state index contributed by atoms with van der Waals surface area (Å²) in [6.45, 7) is 8.51. The van der Waals surface area contributed by atoms with Crippen molar-refractivity contribution >= 4 is 34.9 Å². The molecule has 0 aromatic heterocycles. The van der Waals surface area contributed by atoms with Crippen molar-refractivity contribution in [3.63, 3.8) is 0 Å². The predicted octanol–water partition coefficient (Wildman–Crippen LogP) is 3.14. The van der Waals surface area contributed by atoms with Gasteiger partial charge in [0.1, 0.15) is 22.9 Å². The summed E-state index contributed by atoms with van der Waals surface area (Å²) in [5, 5.41) is 16.7. The Morgan fingerprint density at radius 3 is 2.78 bits per heavy atom. The molecule has 1 N–H and O–H groups in total. The molecule has 2 saturated heterocycles. The van der Waals surface area contributed by atoms with Crippen molar-refractivity contribution < 1.29 is 19.1 Å². The largest absolute Gasteiger partial charge is 0.618 e. The first-order valence-corrected chi connectivity index (χ1v) is 11.3. The number of allylic oxidation sites excluding steroid dienone is 1. The van der Waals surface area contributed by atoms with Crippen LogP contribution in [0.4, 0.5) is 5.69 Å². The minimum Gasteiger partial charge on any atom is -0.618 e. The summed E-state index contributed by atoms with van der Waals surface area (Å²) in [5.74, 6) is 0.513. The molecule has 4 aliphatic heterocycles. The number of nitrogens with one attached hydrogen (secondary N) is 1. The van der Waals surface area contributed by atoms with Gasteiger partial charge in [-0.05, 0) is 77.3 Å². The van der Waals surface area contributed by atoms with Gasteiger partial charge in [-0.2, -0.15) is 4.74 Å². The molecule has 0 saturated carbocycles. The molecule has 1 aliphatic carbocycles. The Balaban J connectivity index is 1.56. The highest BCUT2D eigenvalue weighted by molar-refractivity contribution is 6.29. The first-order chi connectivity index (χ1) is 15.0. The van der Waals surface area contributed by atoms with Crippen LogP contribution in [0.5, 0.6) is 5.75 Å². The number of carbonyl (C=O) groups excluding carboxylic acids is 2. The second kappa shape index (κ2) is 5.82. The minimum absolute atomic E-state index is 0.0620. The lowest BCUT2D eigenvalue weighted by atomic mass is 9.66. The number of carbonyl (C=O) groups is 2. The van der Waals surface area contributed by atoms with Crippen molar-refractivity contribution in [1.29, 1.82) is 0 Å². The third kappa shape index (κ3) is 2.39. The summed E-state index contributed by atoms with van der Waals surface area (Å²) in [6, 6.07) is 3.42. The fourth-order valence-electron chi connectivity index (χ4n) is 6.20. The molecule has 1 spiro atoms. The zero-order valence-corrected chi connectivity index (χ0v) is 18.8. The van der Waals surface area contributed by atoms with Crippen molar-refractivity contribution in [2.45, 2.75) is 64.1 Å². The van der Waals surface area contributed by atoms with Crippen LogP contribution in [0.1, 0.15) is 58.1 Å². The lowest BCUT2D eigenvalue weighted by Crippen LogP contribution is -2.70. The Hall–Kier alpha value is -3.09. The monoisotopic (exact) mass is 433 g/mol. The van der Waals surface area contributed by atoms with Crippen LogP contribution in [-0.4, -0.2) is 50.9 Å². The van der Waals surface area contributed by atoms with Gasteiger partial charge in [-0.25, -0.2) is 0 Å². The maximum absolute atomic E-state index is 13.6. The van der Waals surface area contributed by atoms with Gasteiger partial charge >= 0.3 is 0 Å². The molecule has 2 amide bonds. The maximum Gasteiger partial charge on any atom is 0.253 e. The van der Waals surface area contributed by atoms with Crippen molar-refractivity contribution in [3.05, 3.63) is 40.6 Å². The van der Waals surface area contributed by atoms with Crippen LogP contribution in [0.3, 0.4) is 0 Å². The zero-order valence-electron chi connectivity index (χ0n) is 18.8. The molecule has 32 heavy (non-hydrogen) atoms. The standard InChI is InChI=1S/C25H27N3O4/c1-23(2)13-25(22(30)27-11-5-6-17(27)21(29)26-25)12-16-14-7-8-18-15(9-10-24(3,4)32-18)19(14)28(31)20(16)23/h7-10,12,17H,5-6,11,13H2,1-4H3,(H,26,29)/t17-,25-/m0/s1. The average molecular weight is 434 g/mol. The van der Waals surface area contributed by atoms with Gasteiger partial charge in [-0.3, -0.25) is 9.59 Å². The van der Waals surface area contributed by atoms with Crippen LogP contribution < -0.4 is 10.1 Å². The molecule has 5 aliphatic rings. The quantitative estimate of drug-likeness (QED) is 0.503. The average Bonchev–Trinajstić information content (AvgIpc) is 3.29. The third-order valence-corrected chi connectivity index (χ3v) is 7.45. The van der Waals surface area contributed by atoms with Crippen LogP contribution in [0.25, 0.3) is 11.6 Å². The third-order valence-electron chi connectivity index (χ3n) is 7.45. The lowest BCUT2D eigenvalue weighted by molar-refractivity contribution is -0.361. The van der Waals surface area contributed by atoms with Crippen LogP contribution in [0.15, 0.2) is 24.3 Å². The Kier molecular flexibility index (Phi) is 3.56. The summed E-state index contributed by atoms with van der Waals surface area (Å²) < 4.78 is 7.09. The van der Waals surface area contributed by atoms with E-state index in [0.717, 1.165) is 27.9 Å². The number of hydrogen-bond donors (Lipinski definition) is 1. The maximum atomic E-state index is 13.6. The van der Waals surface area contributed by atoms with E-state index in [2.05, 4.69) is 5.32 Å². The first-order valence-electron chi connectivity index (χ1n) is 11.3. The highest BCUT2D eigenvalue weighted by Gasteiger charge is 2.59. The van der Waals surface area contributed by atoms with Crippen LogP contribution in [0, 0.1) is 10.6 Å².